The Labute approximate surface area is 103 Å². The van der Waals surface area contributed by atoms with Gasteiger partial charge in [0, 0.05) is 11.7 Å². The fraction of sp³-hybridized carbons (Fsp3) is 0.467. The van der Waals surface area contributed by atoms with Crippen LogP contribution < -0.4 is 0 Å². The summed E-state index contributed by atoms with van der Waals surface area (Å²) in [6, 6.07) is 8.26. The molecule has 92 valence electrons. The highest BCUT2D eigenvalue weighted by molar-refractivity contribution is 5.80. The van der Waals surface area contributed by atoms with Crippen LogP contribution in [0.3, 0.4) is 0 Å². The minimum Gasteiger partial charge on any atom is -0.385 e. The smallest absolute Gasteiger partial charge is 0.0896 e. The number of nitrogens with one attached hydrogen (secondary N) is 1. The lowest BCUT2D eigenvalue weighted by atomic mass is 9.85. The second-order valence-corrected chi connectivity index (χ2v) is 4.81. The average molecular weight is 231 g/mol. The molecular formula is C15H21NO. The Kier molecular flexibility index (Phi) is 3.53. The van der Waals surface area contributed by atoms with E-state index in [2.05, 4.69) is 37.0 Å². The molecule has 0 saturated heterocycles. The Bertz CT molecular complexity index is 480. The van der Waals surface area contributed by atoms with Crippen molar-refractivity contribution < 1.29 is 5.11 Å². The van der Waals surface area contributed by atoms with Crippen LogP contribution in [0.25, 0.3) is 10.9 Å². The molecule has 2 aromatic rings. The number of aromatic amines is 1. The van der Waals surface area contributed by atoms with Gasteiger partial charge in [-0.3, -0.25) is 0 Å². The first-order valence-electron chi connectivity index (χ1n) is 6.49. The zero-order chi connectivity index (χ0) is 12.3. The van der Waals surface area contributed by atoms with Gasteiger partial charge in [-0.2, -0.15) is 0 Å². The van der Waals surface area contributed by atoms with E-state index in [-0.39, 0.29) is 0 Å². The molecule has 0 amide bonds. The van der Waals surface area contributed by atoms with Crippen molar-refractivity contribution in [1.82, 2.24) is 4.98 Å². The first-order valence-corrected chi connectivity index (χ1v) is 6.49. The van der Waals surface area contributed by atoms with Crippen LogP contribution in [0.15, 0.2) is 30.5 Å². The zero-order valence-corrected chi connectivity index (χ0v) is 10.7. The van der Waals surface area contributed by atoms with Crippen LogP contribution in [0.5, 0.6) is 0 Å². The SMILES string of the molecule is CCCC(O)(CCC)c1ccc2[nH]ccc2c1. The molecular weight excluding hydrogens is 210 g/mol. The summed E-state index contributed by atoms with van der Waals surface area (Å²) in [6.45, 7) is 4.24. The number of rotatable bonds is 5. The van der Waals surface area contributed by atoms with E-state index in [4.69, 9.17) is 0 Å². The minimum atomic E-state index is -0.658. The van der Waals surface area contributed by atoms with Crippen molar-refractivity contribution >= 4 is 10.9 Å². The summed E-state index contributed by atoms with van der Waals surface area (Å²) >= 11 is 0. The second kappa shape index (κ2) is 4.92. The van der Waals surface area contributed by atoms with Gasteiger partial charge in [-0.05, 0) is 42.0 Å². The van der Waals surface area contributed by atoms with Crippen molar-refractivity contribution in [3.8, 4) is 0 Å². The molecule has 1 heterocycles. The number of aromatic nitrogens is 1. The molecule has 0 aliphatic heterocycles. The van der Waals surface area contributed by atoms with Gasteiger partial charge in [-0.25, -0.2) is 0 Å². The van der Waals surface area contributed by atoms with E-state index in [1.807, 2.05) is 12.3 Å². The van der Waals surface area contributed by atoms with Crippen molar-refractivity contribution in [2.45, 2.75) is 45.1 Å². The number of H-pyrrole nitrogens is 1. The molecule has 0 fully saturated rings. The summed E-state index contributed by atoms with van der Waals surface area (Å²) in [5.74, 6) is 0. The van der Waals surface area contributed by atoms with Crippen molar-refractivity contribution in [3.05, 3.63) is 36.0 Å². The Morgan fingerprint density at radius 2 is 1.82 bits per heavy atom. The highest BCUT2D eigenvalue weighted by atomic mass is 16.3. The van der Waals surface area contributed by atoms with Crippen LogP contribution in [-0.2, 0) is 5.60 Å². The maximum atomic E-state index is 10.8. The summed E-state index contributed by atoms with van der Waals surface area (Å²) in [6.07, 6.45) is 5.60. The molecule has 0 bridgehead atoms. The van der Waals surface area contributed by atoms with Crippen LogP contribution in [-0.4, -0.2) is 10.1 Å². The van der Waals surface area contributed by atoms with Gasteiger partial charge in [0.25, 0.3) is 0 Å². The summed E-state index contributed by atoms with van der Waals surface area (Å²) in [5.41, 5.74) is 1.52. The summed E-state index contributed by atoms with van der Waals surface area (Å²) < 4.78 is 0. The van der Waals surface area contributed by atoms with Gasteiger partial charge in [-0.1, -0.05) is 32.8 Å². The van der Waals surface area contributed by atoms with Crippen LogP contribution in [0, 0.1) is 0 Å². The molecule has 2 rings (SSSR count). The van der Waals surface area contributed by atoms with Gasteiger partial charge in [0.15, 0.2) is 0 Å². The number of fused-ring (bicyclic) bond motifs is 1. The van der Waals surface area contributed by atoms with Gasteiger partial charge in [0.2, 0.25) is 0 Å². The summed E-state index contributed by atoms with van der Waals surface area (Å²) in [4.78, 5) is 3.18. The Morgan fingerprint density at radius 1 is 1.12 bits per heavy atom. The third-order valence-corrected chi connectivity index (χ3v) is 3.42. The maximum Gasteiger partial charge on any atom is 0.0896 e. The maximum absolute atomic E-state index is 10.8. The zero-order valence-electron chi connectivity index (χ0n) is 10.7. The molecule has 0 atom stereocenters. The topological polar surface area (TPSA) is 36.0 Å². The highest BCUT2D eigenvalue weighted by Gasteiger charge is 2.27. The van der Waals surface area contributed by atoms with Crippen molar-refractivity contribution in [2.75, 3.05) is 0 Å². The van der Waals surface area contributed by atoms with E-state index < -0.39 is 5.60 Å². The molecule has 17 heavy (non-hydrogen) atoms. The standard InChI is InChI=1S/C15H21NO/c1-3-8-15(17,9-4-2)13-5-6-14-12(11-13)7-10-16-14/h5-7,10-11,16-17H,3-4,8-9H2,1-2H3. The lowest BCUT2D eigenvalue weighted by molar-refractivity contribution is 0.0171. The first-order chi connectivity index (χ1) is 8.19. The third kappa shape index (κ3) is 2.37. The first kappa shape index (κ1) is 12.2. The van der Waals surface area contributed by atoms with E-state index >= 15 is 0 Å². The monoisotopic (exact) mass is 231 g/mol. The molecule has 0 aliphatic carbocycles. The quantitative estimate of drug-likeness (QED) is 0.803. The second-order valence-electron chi connectivity index (χ2n) is 4.81. The van der Waals surface area contributed by atoms with Crippen LogP contribution in [0.4, 0.5) is 0 Å². The molecule has 2 N–H and O–H groups in total. The lowest BCUT2D eigenvalue weighted by Crippen LogP contribution is -2.25. The van der Waals surface area contributed by atoms with Crippen molar-refractivity contribution in [1.29, 1.82) is 0 Å². The Balaban J connectivity index is 2.40. The predicted octanol–water partition coefficient (Wildman–Crippen LogP) is 3.96. The highest BCUT2D eigenvalue weighted by Crippen LogP contribution is 2.33. The molecule has 0 unspecified atom stereocenters. The van der Waals surface area contributed by atoms with Gasteiger partial charge < -0.3 is 10.1 Å². The van der Waals surface area contributed by atoms with E-state index in [0.29, 0.717) is 0 Å². The third-order valence-electron chi connectivity index (χ3n) is 3.42. The molecule has 0 aliphatic rings. The fourth-order valence-electron chi connectivity index (χ4n) is 2.58. The molecule has 0 spiro atoms. The molecule has 1 aromatic carbocycles. The normalized spacial score (nSPS) is 12.2. The Morgan fingerprint density at radius 3 is 2.47 bits per heavy atom. The average Bonchev–Trinajstić information content (AvgIpc) is 2.76. The molecule has 2 heteroatoms. The summed E-state index contributed by atoms with van der Waals surface area (Å²) in [5, 5.41) is 11.9. The van der Waals surface area contributed by atoms with Crippen molar-refractivity contribution in [3.63, 3.8) is 0 Å². The summed E-state index contributed by atoms with van der Waals surface area (Å²) in [7, 11) is 0. The Hall–Kier alpha value is -1.28. The van der Waals surface area contributed by atoms with Gasteiger partial charge in [0.05, 0.1) is 5.60 Å². The van der Waals surface area contributed by atoms with Gasteiger partial charge in [-0.15, -0.1) is 0 Å². The minimum absolute atomic E-state index is 0.658. The fourth-order valence-corrected chi connectivity index (χ4v) is 2.58. The van der Waals surface area contributed by atoms with E-state index in [0.717, 1.165) is 36.8 Å². The lowest BCUT2D eigenvalue weighted by Gasteiger charge is -2.28. The number of hydrogen-bond acceptors (Lipinski definition) is 1. The van der Waals surface area contributed by atoms with Crippen LogP contribution in [0.2, 0.25) is 0 Å². The molecule has 0 saturated carbocycles. The van der Waals surface area contributed by atoms with E-state index in [1.165, 1.54) is 5.39 Å². The molecule has 0 radical (unpaired) electrons. The van der Waals surface area contributed by atoms with E-state index in [9.17, 15) is 5.11 Å². The van der Waals surface area contributed by atoms with Gasteiger partial charge in [0.1, 0.15) is 0 Å². The van der Waals surface area contributed by atoms with E-state index in [1.54, 1.807) is 0 Å². The van der Waals surface area contributed by atoms with Crippen molar-refractivity contribution in [2.24, 2.45) is 0 Å². The number of hydrogen-bond donors (Lipinski definition) is 2. The van der Waals surface area contributed by atoms with Gasteiger partial charge >= 0.3 is 0 Å². The molecule has 1 aromatic heterocycles. The number of aliphatic hydroxyl groups is 1. The largest absolute Gasteiger partial charge is 0.385 e. The van der Waals surface area contributed by atoms with Crippen LogP contribution >= 0.6 is 0 Å². The number of benzene rings is 1. The molecule has 2 nitrogen and oxygen atoms in total. The predicted molar refractivity (Wildman–Crippen MR) is 72.0 cm³/mol. The van der Waals surface area contributed by atoms with Crippen LogP contribution in [0.1, 0.15) is 45.1 Å².